The lowest BCUT2D eigenvalue weighted by Gasteiger charge is -2.29. The van der Waals surface area contributed by atoms with Crippen molar-refractivity contribution in [2.45, 2.75) is 45.4 Å². The first-order valence-corrected chi connectivity index (χ1v) is 12.6. The van der Waals surface area contributed by atoms with Crippen molar-refractivity contribution in [3.63, 3.8) is 0 Å². The zero-order chi connectivity index (χ0) is 22.6. The highest BCUT2D eigenvalue weighted by molar-refractivity contribution is 7.92. The zero-order valence-corrected chi connectivity index (χ0v) is 20.3. The molecule has 1 fully saturated rings. The highest BCUT2D eigenvalue weighted by Gasteiger charge is 2.27. The number of aryl methyl sites for hydroxylation is 2. The van der Waals surface area contributed by atoms with Crippen LogP contribution in [-0.2, 0) is 10.0 Å². The Labute approximate surface area is 188 Å². The van der Waals surface area contributed by atoms with Gasteiger partial charge in [-0.3, -0.25) is 4.31 Å². The van der Waals surface area contributed by atoms with Crippen LogP contribution in [0.1, 0.15) is 37.8 Å². The van der Waals surface area contributed by atoms with Crippen LogP contribution in [-0.4, -0.2) is 46.6 Å². The van der Waals surface area contributed by atoms with Gasteiger partial charge in [-0.1, -0.05) is 31.5 Å². The van der Waals surface area contributed by atoms with E-state index in [-0.39, 0.29) is 5.92 Å². The van der Waals surface area contributed by atoms with E-state index < -0.39 is 10.0 Å². The van der Waals surface area contributed by atoms with Gasteiger partial charge in [0.25, 0.3) is 10.0 Å². The first-order valence-electron chi connectivity index (χ1n) is 11.2. The summed E-state index contributed by atoms with van der Waals surface area (Å²) in [6, 6.07) is 12.8. The van der Waals surface area contributed by atoms with Gasteiger partial charge in [-0.15, -0.1) is 0 Å². The van der Waals surface area contributed by atoms with E-state index in [0.717, 1.165) is 48.5 Å². The Bertz CT molecular complexity index is 963. The van der Waals surface area contributed by atoms with Crippen molar-refractivity contribution in [3.8, 4) is 5.75 Å². The Hall–Kier alpha value is -2.05. The molecule has 1 aliphatic heterocycles. The van der Waals surface area contributed by atoms with Crippen LogP contribution in [0.15, 0.2) is 47.4 Å². The molecule has 31 heavy (non-hydrogen) atoms. The molecule has 0 aliphatic carbocycles. The van der Waals surface area contributed by atoms with Crippen molar-refractivity contribution in [2.75, 3.05) is 37.6 Å². The van der Waals surface area contributed by atoms with Gasteiger partial charge in [-0.2, -0.15) is 0 Å². The second-order valence-corrected chi connectivity index (χ2v) is 11.1. The van der Waals surface area contributed by atoms with Crippen LogP contribution in [0.3, 0.4) is 0 Å². The molecule has 0 unspecified atom stereocenters. The summed E-state index contributed by atoms with van der Waals surface area (Å²) in [5.74, 6) is 1.48. The predicted molar refractivity (Wildman–Crippen MR) is 127 cm³/mol. The van der Waals surface area contributed by atoms with Crippen molar-refractivity contribution >= 4 is 15.7 Å². The number of rotatable bonds is 8. The van der Waals surface area contributed by atoms with Gasteiger partial charge in [0, 0.05) is 6.54 Å². The third-order valence-corrected chi connectivity index (χ3v) is 7.68. The maximum Gasteiger partial charge on any atom is 0.264 e. The number of hydrogen-bond donors (Lipinski definition) is 0. The SMILES string of the molecule is Cc1ccc(N(CC(C)C)S(=O)(=O)c2ccc(OCC3CCN(C)CC3)cc2)c(C)c1. The van der Waals surface area contributed by atoms with E-state index >= 15 is 0 Å². The van der Waals surface area contributed by atoms with E-state index in [0.29, 0.717) is 24.0 Å². The largest absolute Gasteiger partial charge is 0.493 e. The topological polar surface area (TPSA) is 49.9 Å². The van der Waals surface area contributed by atoms with Crippen molar-refractivity contribution in [1.82, 2.24) is 4.90 Å². The van der Waals surface area contributed by atoms with Crippen molar-refractivity contribution in [2.24, 2.45) is 11.8 Å². The number of anilines is 1. The molecule has 170 valence electrons. The van der Waals surface area contributed by atoms with Crippen LogP contribution < -0.4 is 9.04 Å². The number of sulfonamides is 1. The lowest BCUT2D eigenvalue weighted by atomic mass is 9.98. The average molecular weight is 445 g/mol. The first kappa shape index (κ1) is 23.6. The smallest absolute Gasteiger partial charge is 0.264 e. The fraction of sp³-hybridized carbons (Fsp3) is 0.520. The number of piperidine rings is 1. The van der Waals surface area contributed by atoms with Crippen molar-refractivity contribution in [1.29, 1.82) is 0 Å². The van der Waals surface area contributed by atoms with Gasteiger partial charge in [0.15, 0.2) is 0 Å². The Kier molecular flexibility index (Phi) is 7.65. The van der Waals surface area contributed by atoms with E-state index in [1.165, 1.54) is 0 Å². The molecular weight excluding hydrogens is 408 g/mol. The molecule has 1 saturated heterocycles. The van der Waals surface area contributed by atoms with Crippen LogP contribution >= 0.6 is 0 Å². The van der Waals surface area contributed by atoms with E-state index in [2.05, 4.69) is 11.9 Å². The minimum Gasteiger partial charge on any atom is -0.493 e. The molecule has 3 rings (SSSR count). The van der Waals surface area contributed by atoms with E-state index in [1.807, 2.05) is 45.9 Å². The molecule has 0 amide bonds. The van der Waals surface area contributed by atoms with E-state index in [9.17, 15) is 8.42 Å². The summed E-state index contributed by atoms with van der Waals surface area (Å²) < 4.78 is 34.6. The second kappa shape index (κ2) is 10.0. The molecule has 0 spiro atoms. The van der Waals surface area contributed by atoms with Gasteiger partial charge in [-0.25, -0.2) is 8.42 Å². The third kappa shape index (κ3) is 6.01. The van der Waals surface area contributed by atoms with E-state index in [1.54, 1.807) is 28.6 Å². The molecular formula is C25H36N2O3S. The summed E-state index contributed by atoms with van der Waals surface area (Å²) in [5, 5.41) is 0. The average Bonchev–Trinajstić information content (AvgIpc) is 2.72. The van der Waals surface area contributed by atoms with Gasteiger partial charge in [0.1, 0.15) is 5.75 Å². The van der Waals surface area contributed by atoms with Crippen LogP contribution in [0.2, 0.25) is 0 Å². The molecule has 0 bridgehead atoms. The quantitative estimate of drug-likeness (QED) is 0.583. The number of likely N-dealkylation sites (tertiary alicyclic amines) is 1. The summed E-state index contributed by atoms with van der Waals surface area (Å²) in [7, 11) is -1.52. The molecule has 1 heterocycles. The summed E-state index contributed by atoms with van der Waals surface area (Å²) in [4.78, 5) is 2.63. The number of hydrogen-bond acceptors (Lipinski definition) is 4. The summed E-state index contributed by atoms with van der Waals surface area (Å²) in [5.41, 5.74) is 2.82. The zero-order valence-electron chi connectivity index (χ0n) is 19.5. The van der Waals surface area contributed by atoms with Crippen LogP contribution in [0.5, 0.6) is 5.75 Å². The molecule has 5 nitrogen and oxygen atoms in total. The molecule has 2 aromatic rings. The molecule has 0 saturated carbocycles. The standard InChI is InChI=1S/C25H36N2O3S/c1-19(2)17-27(25-11-6-20(3)16-21(25)4)31(28,29)24-9-7-23(8-10-24)30-18-22-12-14-26(5)15-13-22/h6-11,16,19,22H,12-15,17-18H2,1-5H3. The highest BCUT2D eigenvalue weighted by Crippen LogP contribution is 2.29. The molecule has 0 atom stereocenters. The molecule has 6 heteroatoms. The summed E-state index contributed by atoms with van der Waals surface area (Å²) >= 11 is 0. The maximum atomic E-state index is 13.5. The number of nitrogens with zero attached hydrogens (tertiary/aromatic N) is 2. The molecule has 1 aliphatic rings. The molecule has 0 aromatic heterocycles. The number of benzene rings is 2. The minimum atomic E-state index is -3.67. The fourth-order valence-corrected chi connectivity index (χ4v) is 5.71. The highest BCUT2D eigenvalue weighted by atomic mass is 32.2. The van der Waals surface area contributed by atoms with Gasteiger partial charge in [0.05, 0.1) is 17.2 Å². The maximum absolute atomic E-state index is 13.5. The Morgan fingerprint density at radius 2 is 1.71 bits per heavy atom. The van der Waals surface area contributed by atoms with Crippen LogP contribution in [0.25, 0.3) is 0 Å². The van der Waals surface area contributed by atoms with Gasteiger partial charge in [-0.05, 0) is 94.6 Å². The first-order chi connectivity index (χ1) is 14.7. The third-order valence-electron chi connectivity index (χ3n) is 5.89. The summed E-state index contributed by atoms with van der Waals surface area (Å²) in [6.07, 6.45) is 2.28. The van der Waals surface area contributed by atoms with Crippen molar-refractivity contribution < 1.29 is 13.2 Å². The van der Waals surface area contributed by atoms with Crippen LogP contribution in [0, 0.1) is 25.7 Å². The lowest BCUT2D eigenvalue weighted by molar-refractivity contribution is 0.160. The van der Waals surface area contributed by atoms with Gasteiger partial charge in [0.2, 0.25) is 0 Å². The Balaban J connectivity index is 1.76. The molecule has 2 aromatic carbocycles. The fourth-order valence-electron chi connectivity index (χ4n) is 4.02. The summed E-state index contributed by atoms with van der Waals surface area (Å²) in [6.45, 7) is 11.4. The second-order valence-electron chi connectivity index (χ2n) is 9.25. The lowest BCUT2D eigenvalue weighted by Crippen LogP contribution is -2.34. The minimum absolute atomic E-state index is 0.202. The molecule has 0 N–H and O–H groups in total. The normalized spacial score (nSPS) is 15.9. The number of ether oxygens (including phenoxy) is 1. The van der Waals surface area contributed by atoms with Gasteiger partial charge < -0.3 is 9.64 Å². The Morgan fingerprint density at radius 3 is 2.29 bits per heavy atom. The van der Waals surface area contributed by atoms with Crippen LogP contribution in [0.4, 0.5) is 5.69 Å². The van der Waals surface area contributed by atoms with E-state index in [4.69, 9.17) is 4.74 Å². The van der Waals surface area contributed by atoms with Gasteiger partial charge >= 0.3 is 0 Å². The molecule has 0 radical (unpaired) electrons. The van der Waals surface area contributed by atoms with Crippen molar-refractivity contribution in [3.05, 3.63) is 53.6 Å². The monoisotopic (exact) mass is 444 g/mol. The predicted octanol–water partition coefficient (Wildman–Crippen LogP) is 4.88. The Morgan fingerprint density at radius 1 is 1.06 bits per heavy atom.